The first-order valence-corrected chi connectivity index (χ1v) is 7.02. The molecule has 0 spiro atoms. The van der Waals surface area contributed by atoms with Gasteiger partial charge < -0.3 is 4.57 Å². The van der Waals surface area contributed by atoms with Gasteiger partial charge in [0.2, 0.25) is 0 Å². The number of pyridine rings is 1. The summed E-state index contributed by atoms with van der Waals surface area (Å²) < 4.78 is 3.85. The lowest BCUT2D eigenvalue weighted by Crippen LogP contribution is -2.23. The average Bonchev–Trinajstić information content (AvgIpc) is 2.83. The van der Waals surface area contributed by atoms with E-state index in [-0.39, 0.29) is 5.56 Å². The van der Waals surface area contributed by atoms with Crippen molar-refractivity contribution in [3.63, 3.8) is 0 Å². The summed E-state index contributed by atoms with van der Waals surface area (Å²) >= 11 is 0. The third-order valence-corrected chi connectivity index (χ3v) is 3.78. The number of hydrogen-bond donors (Lipinski definition) is 0. The lowest BCUT2D eigenvalue weighted by Gasteiger charge is -2.11. The van der Waals surface area contributed by atoms with Crippen LogP contribution in [-0.2, 0) is 25.9 Å². The lowest BCUT2D eigenvalue weighted by molar-refractivity contribution is 0.482. The maximum atomic E-state index is 12.2. The van der Waals surface area contributed by atoms with Crippen LogP contribution in [0.25, 0.3) is 0 Å². The van der Waals surface area contributed by atoms with Gasteiger partial charge in [-0.25, -0.2) is 0 Å². The molecule has 0 atom stereocenters. The van der Waals surface area contributed by atoms with Crippen LogP contribution in [0.1, 0.15) is 36.7 Å². The van der Waals surface area contributed by atoms with Gasteiger partial charge in [0.1, 0.15) is 0 Å². The quantitative estimate of drug-likeness (QED) is 0.843. The number of fused-ring (bicyclic) bond motifs is 1. The predicted octanol–water partition coefficient (Wildman–Crippen LogP) is 1.99. The Kier molecular flexibility index (Phi) is 3.23. The third-order valence-electron chi connectivity index (χ3n) is 3.78. The average molecular weight is 257 g/mol. The molecule has 4 heteroatoms. The molecule has 3 rings (SSSR count). The Balaban J connectivity index is 1.89. The van der Waals surface area contributed by atoms with E-state index in [2.05, 4.69) is 15.8 Å². The predicted molar refractivity (Wildman–Crippen MR) is 74.3 cm³/mol. The molecule has 0 saturated carbocycles. The van der Waals surface area contributed by atoms with Crippen molar-refractivity contribution in [2.75, 3.05) is 0 Å². The van der Waals surface area contributed by atoms with Gasteiger partial charge in [0.15, 0.2) is 0 Å². The van der Waals surface area contributed by atoms with Crippen LogP contribution in [0, 0.1) is 0 Å². The summed E-state index contributed by atoms with van der Waals surface area (Å²) in [5.41, 5.74) is 3.27. The lowest BCUT2D eigenvalue weighted by atomic mass is 10.1. The van der Waals surface area contributed by atoms with Crippen molar-refractivity contribution in [3.8, 4) is 0 Å². The summed E-state index contributed by atoms with van der Waals surface area (Å²) in [5.74, 6) is 0. The minimum atomic E-state index is 0.107. The van der Waals surface area contributed by atoms with Gasteiger partial charge in [-0.1, -0.05) is 13.0 Å². The Labute approximate surface area is 112 Å². The van der Waals surface area contributed by atoms with E-state index in [1.807, 2.05) is 25.3 Å². The summed E-state index contributed by atoms with van der Waals surface area (Å²) in [6.45, 7) is 3.60. The van der Waals surface area contributed by atoms with Crippen LogP contribution in [0.2, 0.25) is 0 Å². The Morgan fingerprint density at radius 1 is 1.37 bits per heavy atom. The highest BCUT2D eigenvalue weighted by Gasteiger charge is 2.12. The van der Waals surface area contributed by atoms with E-state index in [9.17, 15) is 4.79 Å². The molecule has 3 heterocycles. The maximum Gasteiger partial charge on any atom is 0.254 e. The summed E-state index contributed by atoms with van der Waals surface area (Å²) in [5, 5.41) is 4.60. The smallest absolute Gasteiger partial charge is 0.254 e. The van der Waals surface area contributed by atoms with E-state index >= 15 is 0 Å². The largest absolute Gasteiger partial charge is 0.309 e. The van der Waals surface area contributed by atoms with Crippen LogP contribution < -0.4 is 5.56 Å². The molecule has 0 unspecified atom stereocenters. The number of aryl methyl sites for hydroxylation is 3. The fraction of sp³-hybridized carbons (Fsp3) is 0.467. The van der Waals surface area contributed by atoms with Crippen molar-refractivity contribution < 1.29 is 0 Å². The second-order valence-corrected chi connectivity index (χ2v) is 5.13. The topological polar surface area (TPSA) is 39.8 Å². The molecular formula is C15H19N3O. The van der Waals surface area contributed by atoms with Gasteiger partial charge in [-0.05, 0) is 37.8 Å². The molecule has 19 heavy (non-hydrogen) atoms. The Hall–Kier alpha value is -1.84. The number of nitrogens with zero attached hydrogens (tertiary/aromatic N) is 3. The van der Waals surface area contributed by atoms with Crippen molar-refractivity contribution >= 4 is 0 Å². The maximum absolute atomic E-state index is 12.2. The first kappa shape index (κ1) is 12.2. The van der Waals surface area contributed by atoms with E-state index in [0.29, 0.717) is 6.54 Å². The first-order chi connectivity index (χ1) is 9.28. The summed E-state index contributed by atoms with van der Waals surface area (Å²) in [7, 11) is 0. The van der Waals surface area contributed by atoms with Crippen LogP contribution in [0.4, 0.5) is 0 Å². The molecule has 0 amide bonds. The van der Waals surface area contributed by atoms with E-state index < -0.39 is 0 Å². The zero-order valence-corrected chi connectivity index (χ0v) is 11.3. The SMILES string of the molecule is CCc1cccn(Cc2cc3n(n2)CCCC3)c1=O. The molecule has 0 N–H and O–H groups in total. The molecule has 4 nitrogen and oxygen atoms in total. The normalized spacial score (nSPS) is 14.4. The Morgan fingerprint density at radius 2 is 2.26 bits per heavy atom. The summed E-state index contributed by atoms with van der Waals surface area (Å²) in [6, 6.07) is 5.98. The van der Waals surface area contributed by atoms with Gasteiger partial charge in [0, 0.05) is 24.0 Å². The van der Waals surface area contributed by atoms with E-state index in [0.717, 1.165) is 30.6 Å². The molecule has 0 bridgehead atoms. The molecule has 2 aromatic rings. The van der Waals surface area contributed by atoms with Crippen LogP contribution in [0.3, 0.4) is 0 Å². The second-order valence-electron chi connectivity index (χ2n) is 5.13. The Morgan fingerprint density at radius 3 is 3.05 bits per heavy atom. The van der Waals surface area contributed by atoms with Crippen molar-refractivity contribution in [3.05, 3.63) is 51.7 Å². The molecule has 1 aliphatic heterocycles. The van der Waals surface area contributed by atoms with Gasteiger partial charge in [0.25, 0.3) is 5.56 Å². The second kappa shape index (κ2) is 5.03. The molecule has 1 aliphatic rings. The first-order valence-electron chi connectivity index (χ1n) is 7.02. The van der Waals surface area contributed by atoms with Gasteiger partial charge >= 0.3 is 0 Å². The number of rotatable bonds is 3. The summed E-state index contributed by atoms with van der Waals surface area (Å²) in [6.07, 6.45) is 6.19. The molecular weight excluding hydrogens is 238 g/mol. The third kappa shape index (κ3) is 2.35. The molecule has 0 fully saturated rings. The van der Waals surface area contributed by atoms with E-state index in [4.69, 9.17) is 0 Å². The van der Waals surface area contributed by atoms with Gasteiger partial charge in [-0.15, -0.1) is 0 Å². The standard InChI is InChI=1S/C15H19N3O/c1-2-12-6-5-8-17(15(12)19)11-13-10-14-7-3-4-9-18(14)16-13/h5-6,8,10H,2-4,7,9,11H2,1H3. The van der Waals surface area contributed by atoms with Gasteiger partial charge in [0.05, 0.1) is 12.2 Å². The highest BCUT2D eigenvalue weighted by Crippen LogP contribution is 2.15. The zero-order chi connectivity index (χ0) is 13.2. The van der Waals surface area contributed by atoms with Crippen LogP contribution in [0.5, 0.6) is 0 Å². The van der Waals surface area contributed by atoms with Crippen molar-refractivity contribution in [1.29, 1.82) is 0 Å². The molecule has 2 aromatic heterocycles. The van der Waals surface area contributed by atoms with E-state index in [1.54, 1.807) is 4.57 Å². The monoisotopic (exact) mass is 257 g/mol. The molecule has 0 aromatic carbocycles. The van der Waals surface area contributed by atoms with Crippen LogP contribution in [0.15, 0.2) is 29.2 Å². The van der Waals surface area contributed by atoms with Crippen LogP contribution in [-0.4, -0.2) is 14.3 Å². The number of aromatic nitrogens is 3. The molecule has 100 valence electrons. The zero-order valence-electron chi connectivity index (χ0n) is 11.3. The highest BCUT2D eigenvalue weighted by molar-refractivity contribution is 5.15. The van der Waals surface area contributed by atoms with Crippen molar-refractivity contribution in [2.24, 2.45) is 0 Å². The highest BCUT2D eigenvalue weighted by atomic mass is 16.1. The fourth-order valence-corrected chi connectivity index (χ4v) is 2.71. The van der Waals surface area contributed by atoms with Crippen molar-refractivity contribution in [1.82, 2.24) is 14.3 Å². The summed E-state index contributed by atoms with van der Waals surface area (Å²) in [4.78, 5) is 12.2. The minimum absolute atomic E-state index is 0.107. The van der Waals surface area contributed by atoms with E-state index in [1.165, 1.54) is 18.5 Å². The van der Waals surface area contributed by atoms with Gasteiger partial charge in [-0.2, -0.15) is 5.10 Å². The van der Waals surface area contributed by atoms with Gasteiger partial charge in [-0.3, -0.25) is 9.48 Å². The Bertz CT molecular complexity index is 616. The number of hydrogen-bond acceptors (Lipinski definition) is 2. The fourth-order valence-electron chi connectivity index (χ4n) is 2.71. The minimum Gasteiger partial charge on any atom is -0.309 e. The molecule has 0 aliphatic carbocycles. The molecule has 0 saturated heterocycles. The van der Waals surface area contributed by atoms with Crippen LogP contribution >= 0.6 is 0 Å². The molecule has 0 radical (unpaired) electrons. The van der Waals surface area contributed by atoms with Crippen molar-refractivity contribution in [2.45, 2.75) is 45.7 Å².